The number of nitrogens with zero attached hydrogens (tertiary/aromatic N) is 4. The number of rotatable bonds is 9. The molecule has 0 fully saturated rings. The molecule has 2 heterocycles. The molecular formula is C34H36Cl2N4O4S2. The molecule has 12 heteroatoms. The van der Waals surface area contributed by atoms with E-state index in [-0.39, 0.29) is 0 Å². The van der Waals surface area contributed by atoms with Crippen molar-refractivity contribution in [3.8, 4) is 45.3 Å². The summed E-state index contributed by atoms with van der Waals surface area (Å²) < 4.78 is 43.4. The summed E-state index contributed by atoms with van der Waals surface area (Å²) in [6.45, 7) is 11.2. The maximum Gasteiger partial charge on any atom is 0.222 e. The number of hydrogen-bond donors (Lipinski definition) is 0. The van der Waals surface area contributed by atoms with Gasteiger partial charge in [0.2, 0.25) is 5.88 Å². The Morgan fingerprint density at radius 3 is 1.93 bits per heavy atom. The Bertz CT molecular complexity index is 1730. The van der Waals surface area contributed by atoms with Crippen molar-refractivity contribution in [2.75, 3.05) is 14.2 Å². The van der Waals surface area contributed by atoms with Crippen molar-refractivity contribution in [3.05, 3.63) is 82.0 Å². The fraction of sp³-hybridized carbons (Fsp3) is 0.294. The van der Waals surface area contributed by atoms with Gasteiger partial charge >= 0.3 is 0 Å². The molecule has 0 aliphatic carbocycles. The normalized spacial score (nSPS) is 13.7. The molecule has 0 spiro atoms. The SMILES string of the molecule is COc1cc(-c2nccc(-c3cccc(-c4ccc(/C=N/S(=O)C(C)(C)C)c(OC)n4)c3Cl)c2Cl)ccc1/C=N/[S@@](=O)C(C)(C)C. The summed E-state index contributed by atoms with van der Waals surface area (Å²) >= 11 is 14.0. The summed E-state index contributed by atoms with van der Waals surface area (Å²) in [7, 11) is 0.247. The van der Waals surface area contributed by atoms with Gasteiger partial charge in [0.25, 0.3) is 0 Å². The number of ether oxygens (including phenoxy) is 2. The number of methoxy groups -OCH3 is 2. The standard InChI is InChI=1S/C34H36Cl2N4O4S2/c1-33(2,3)45(41)38-19-22-13-12-21(18-28(22)43-7)31-30(36)25(16-17-37-31)24-10-9-11-26(29(24)35)27-15-14-23(32(40-27)44-8)20-39-46(42)34(4,5)6/h9-20H,1-8H3/b38-19+,39-20+/t45-,46?/m0/s1. The first kappa shape index (κ1) is 35.4. The van der Waals surface area contributed by atoms with E-state index in [0.717, 1.165) is 5.56 Å². The third-order valence-electron chi connectivity index (χ3n) is 6.67. The van der Waals surface area contributed by atoms with Crippen LogP contribution in [0.2, 0.25) is 10.0 Å². The maximum absolute atomic E-state index is 12.4. The van der Waals surface area contributed by atoms with E-state index in [1.165, 1.54) is 13.3 Å². The van der Waals surface area contributed by atoms with E-state index in [0.29, 0.717) is 60.9 Å². The van der Waals surface area contributed by atoms with Crippen molar-refractivity contribution in [2.24, 2.45) is 8.80 Å². The highest BCUT2D eigenvalue weighted by Gasteiger charge is 2.21. The molecule has 8 nitrogen and oxygen atoms in total. The molecule has 1 unspecified atom stereocenters. The molecule has 0 saturated heterocycles. The van der Waals surface area contributed by atoms with Crippen molar-refractivity contribution < 1.29 is 17.9 Å². The van der Waals surface area contributed by atoms with Gasteiger partial charge in [-0.15, -0.1) is 0 Å². The molecule has 0 aliphatic rings. The lowest BCUT2D eigenvalue weighted by molar-refractivity contribution is 0.398. The summed E-state index contributed by atoms with van der Waals surface area (Å²) in [6, 6.07) is 16.5. The van der Waals surface area contributed by atoms with E-state index in [4.69, 9.17) is 32.7 Å². The Morgan fingerprint density at radius 1 is 0.739 bits per heavy atom. The molecule has 0 radical (unpaired) electrons. The Hall–Kier alpha value is -3.44. The average molecular weight is 700 g/mol. The lowest BCUT2D eigenvalue weighted by atomic mass is 9.99. The fourth-order valence-corrected chi connectivity index (χ4v) is 5.84. The zero-order valence-electron chi connectivity index (χ0n) is 26.9. The molecule has 0 aliphatic heterocycles. The second kappa shape index (κ2) is 14.5. The Kier molecular flexibility index (Phi) is 11.2. The van der Waals surface area contributed by atoms with Crippen molar-refractivity contribution in [1.29, 1.82) is 0 Å². The number of benzene rings is 2. The van der Waals surface area contributed by atoms with Crippen LogP contribution in [0.1, 0.15) is 52.7 Å². The number of halogens is 2. The smallest absolute Gasteiger partial charge is 0.222 e. The van der Waals surface area contributed by atoms with Gasteiger partial charge in [-0.25, -0.2) is 13.4 Å². The highest BCUT2D eigenvalue weighted by molar-refractivity contribution is 7.85. The third kappa shape index (κ3) is 8.09. The summed E-state index contributed by atoms with van der Waals surface area (Å²) in [5.74, 6) is 0.860. The van der Waals surface area contributed by atoms with Gasteiger partial charge in [-0.3, -0.25) is 4.98 Å². The van der Waals surface area contributed by atoms with Crippen molar-refractivity contribution in [3.63, 3.8) is 0 Å². The maximum atomic E-state index is 12.4. The summed E-state index contributed by atoms with van der Waals surface area (Å²) in [4.78, 5) is 9.22. The molecule has 242 valence electrons. The number of pyridine rings is 2. The van der Waals surface area contributed by atoms with Gasteiger partial charge in [-0.2, -0.15) is 8.80 Å². The molecule has 0 amide bonds. The van der Waals surface area contributed by atoms with Gasteiger partial charge in [-0.1, -0.05) is 47.5 Å². The first-order valence-electron chi connectivity index (χ1n) is 14.2. The quantitative estimate of drug-likeness (QED) is 0.162. The van der Waals surface area contributed by atoms with E-state index in [1.54, 1.807) is 31.7 Å². The van der Waals surface area contributed by atoms with Crippen LogP contribution in [0.3, 0.4) is 0 Å². The van der Waals surface area contributed by atoms with Crippen molar-refractivity contribution in [2.45, 2.75) is 51.0 Å². The monoisotopic (exact) mass is 698 g/mol. The fourth-order valence-electron chi connectivity index (χ4n) is 4.14. The van der Waals surface area contributed by atoms with Crippen LogP contribution in [0, 0.1) is 0 Å². The van der Waals surface area contributed by atoms with E-state index >= 15 is 0 Å². The minimum absolute atomic E-state index is 0.324. The second-order valence-electron chi connectivity index (χ2n) is 12.1. The van der Waals surface area contributed by atoms with E-state index in [2.05, 4.69) is 18.8 Å². The Morgan fingerprint density at radius 2 is 1.33 bits per heavy atom. The van der Waals surface area contributed by atoms with Crippen molar-refractivity contribution in [1.82, 2.24) is 9.97 Å². The molecule has 0 saturated carbocycles. The molecule has 0 N–H and O–H groups in total. The number of aromatic nitrogens is 2. The lowest BCUT2D eigenvalue weighted by Gasteiger charge is -2.15. The van der Waals surface area contributed by atoms with Gasteiger partial charge in [0.15, 0.2) is 0 Å². The molecule has 46 heavy (non-hydrogen) atoms. The summed E-state index contributed by atoms with van der Waals surface area (Å²) in [5.41, 5.74) is 5.16. The van der Waals surface area contributed by atoms with Gasteiger partial charge in [-0.05, 0) is 71.9 Å². The lowest BCUT2D eigenvalue weighted by Crippen LogP contribution is -2.19. The van der Waals surface area contributed by atoms with Crippen LogP contribution in [0.5, 0.6) is 11.6 Å². The van der Waals surface area contributed by atoms with E-state index < -0.39 is 31.5 Å². The predicted octanol–water partition coefficient (Wildman–Crippen LogP) is 8.56. The molecule has 2 atom stereocenters. The predicted molar refractivity (Wildman–Crippen MR) is 192 cm³/mol. The van der Waals surface area contributed by atoms with Gasteiger partial charge < -0.3 is 9.47 Å². The minimum atomic E-state index is -1.42. The highest BCUT2D eigenvalue weighted by Crippen LogP contribution is 2.42. The van der Waals surface area contributed by atoms with Crippen LogP contribution in [0.25, 0.3) is 33.6 Å². The van der Waals surface area contributed by atoms with E-state index in [1.807, 2.05) is 84.0 Å². The first-order valence-corrected chi connectivity index (χ1v) is 17.2. The van der Waals surface area contributed by atoms with Crippen LogP contribution in [0.4, 0.5) is 0 Å². The molecule has 4 rings (SSSR count). The third-order valence-corrected chi connectivity index (χ3v) is 10.1. The summed E-state index contributed by atoms with van der Waals surface area (Å²) in [5, 5.41) is 0.852. The van der Waals surface area contributed by atoms with Gasteiger partial charge in [0.1, 0.15) is 27.7 Å². The number of hydrogen-bond acceptors (Lipinski definition) is 6. The van der Waals surface area contributed by atoms with Crippen LogP contribution in [-0.2, 0) is 22.0 Å². The zero-order chi connectivity index (χ0) is 33.8. The van der Waals surface area contributed by atoms with E-state index in [9.17, 15) is 8.42 Å². The minimum Gasteiger partial charge on any atom is -0.496 e. The molecule has 4 aromatic rings. The van der Waals surface area contributed by atoms with Gasteiger partial charge in [0, 0.05) is 40.2 Å². The zero-order valence-corrected chi connectivity index (χ0v) is 30.1. The largest absolute Gasteiger partial charge is 0.496 e. The van der Waals surface area contributed by atoms with Crippen LogP contribution < -0.4 is 9.47 Å². The average Bonchev–Trinajstić information content (AvgIpc) is 3.01. The molecule has 2 aromatic heterocycles. The van der Waals surface area contributed by atoms with Gasteiger partial charge in [0.05, 0.1) is 56.9 Å². The van der Waals surface area contributed by atoms with Crippen LogP contribution in [-0.4, -0.2) is 54.5 Å². The molecular weight excluding hydrogens is 663 g/mol. The van der Waals surface area contributed by atoms with Crippen LogP contribution in [0.15, 0.2) is 69.6 Å². The van der Waals surface area contributed by atoms with Crippen molar-refractivity contribution >= 4 is 57.6 Å². The first-order chi connectivity index (χ1) is 21.6. The highest BCUT2D eigenvalue weighted by atomic mass is 35.5. The Labute approximate surface area is 285 Å². The molecule has 0 bridgehead atoms. The summed E-state index contributed by atoms with van der Waals surface area (Å²) in [6.07, 6.45) is 4.73. The Balaban J connectivity index is 1.71. The second-order valence-corrected chi connectivity index (χ2v) is 16.8. The topological polar surface area (TPSA) is 103 Å². The van der Waals surface area contributed by atoms with Crippen LogP contribution >= 0.6 is 23.2 Å². The molecule has 2 aromatic carbocycles.